The average Bonchev–Trinajstić information content (AvgIpc) is 3.29. The smallest absolute Gasteiger partial charge is 0.164 e. The molecule has 0 bridgehead atoms. The molecule has 2 aromatic heterocycles. The summed E-state index contributed by atoms with van der Waals surface area (Å²) < 4.78 is 0. The van der Waals surface area contributed by atoms with E-state index in [-0.39, 0.29) is 0 Å². The van der Waals surface area contributed by atoms with Crippen molar-refractivity contribution in [3.8, 4) is 79.5 Å². The van der Waals surface area contributed by atoms with Gasteiger partial charge in [0.25, 0.3) is 0 Å². The Kier molecular flexibility index (Phi) is 8.39. The van der Waals surface area contributed by atoms with Gasteiger partial charge in [0.2, 0.25) is 0 Å². The molecule has 0 saturated carbocycles. The van der Waals surface area contributed by atoms with Crippen LogP contribution in [0.2, 0.25) is 0 Å². The van der Waals surface area contributed by atoms with Crippen LogP contribution in [-0.2, 0) is 0 Å². The average molecular weight is 717 g/mol. The molecule has 6 nitrogen and oxygen atoms in total. The Hall–Kier alpha value is -7.70. The molecule has 0 unspecified atom stereocenters. The molecule has 0 aliphatic carbocycles. The second-order valence-corrected chi connectivity index (χ2v) is 13.6. The lowest BCUT2D eigenvalue weighted by Crippen LogP contribution is -2.01. The zero-order valence-corrected chi connectivity index (χ0v) is 30.2. The zero-order valence-electron chi connectivity index (χ0n) is 30.2. The van der Waals surface area contributed by atoms with Crippen molar-refractivity contribution in [3.63, 3.8) is 0 Å². The highest BCUT2D eigenvalue weighted by Crippen LogP contribution is 2.35. The molecular formula is C50H32N6. The maximum Gasteiger partial charge on any atom is 0.164 e. The normalized spacial score (nSPS) is 11.2. The minimum Gasteiger partial charge on any atom is -0.208 e. The van der Waals surface area contributed by atoms with Crippen molar-refractivity contribution in [1.82, 2.24) is 29.9 Å². The fourth-order valence-corrected chi connectivity index (χ4v) is 7.10. The van der Waals surface area contributed by atoms with Crippen LogP contribution in [0.25, 0.3) is 101 Å². The molecule has 2 heterocycles. The molecule has 8 aromatic carbocycles. The van der Waals surface area contributed by atoms with E-state index in [2.05, 4.69) is 97.1 Å². The Morgan fingerprint density at radius 3 is 1.04 bits per heavy atom. The standard InChI is InChI=1S/C50H32N6/c1-5-15-33(16-6-1)42-31-39-23-13-14-24-43(39)44(32-42)50-55-47(36-21-11-4-12-22-36)54-49(56-50)41-28-26-37-29-40(27-25-38(37)30-41)48-52-45(34-17-7-2-8-18-34)51-46(53-48)35-19-9-3-10-20-35/h1-32H. The number of fused-ring (bicyclic) bond motifs is 2. The van der Waals surface area contributed by atoms with E-state index in [0.717, 1.165) is 66.1 Å². The van der Waals surface area contributed by atoms with Gasteiger partial charge in [-0.05, 0) is 56.9 Å². The second-order valence-electron chi connectivity index (χ2n) is 13.6. The molecule has 0 aliphatic heterocycles. The summed E-state index contributed by atoms with van der Waals surface area (Å²) in [5.74, 6) is 3.72. The van der Waals surface area contributed by atoms with Crippen LogP contribution in [0.5, 0.6) is 0 Å². The van der Waals surface area contributed by atoms with Crippen LogP contribution in [0.1, 0.15) is 0 Å². The molecule has 56 heavy (non-hydrogen) atoms. The van der Waals surface area contributed by atoms with Crippen LogP contribution in [0.3, 0.4) is 0 Å². The van der Waals surface area contributed by atoms with E-state index in [9.17, 15) is 0 Å². The third kappa shape index (κ3) is 6.46. The van der Waals surface area contributed by atoms with Gasteiger partial charge in [-0.25, -0.2) is 29.9 Å². The molecule has 0 amide bonds. The lowest BCUT2D eigenvalue weighted by atomic mass is 9.96. The Bertz CT molecular complexity index is 2950. The van der Waals surface area contributed by atoms with Crippen LogP contribution < -0.4 is 0 Å². The van der Waals surface area contributed by atoms with Gasteiger partial charge in [-0.3, -0.25) is 0 Å². The molecule has 0 spiro atoms. The van der Waals surface area contributed by atoms with Crippen molar-refractivity contribution in [1.29, 1.82) is 0 Å². The maximum absolute atomic E-state index is 5.18. The van der Waals surface area contributed by atoms with Gasteiger partial charge in [0.05, 0.1) is 0 Å². The predicted molar refractivity (Wildman–Crippen MR) is 226 cm³/mol. The lowest BCUT2D eigenvalue weighted by molar-refractivity contribution is 1.07. The zero-order chi connectivity index (χ0) is 37.3. The molecule has 10 aromatic rings. The molecule has 0 saturated heterocycles. The van der Waals surface area contributed by atoms with E-state index in [0.29, 0.717) is 34.9 Å². The van der Waals surface area contributed by atoms with E-state index >= 15 is 0 Å². The first-order valence-corrected chi connectivity index (χ1v) is 18.5. The summed E-state index contributed by atoms with van der Waals surface area (Å²) in [4.78, 5) is 30.1. The Morgan fingerprint density at radius 1 is 0.214 bits per heavy atom. The summed E-state index contributed by atoms with van der Waals surface area (Å²) in [7, 11) is 0. The fraction of sp³-hybridized carbons (Fsp3) is 0. The van der Waals surface area contributed by atoms with Gasteiger partial charge >= 0.3 is 0 Å². The van der Waals surface area contributed by atoms with Crippen LogP contribution >= 0.6 is 0 Å². The molecule has 0 atom stereocenters. The van der Waals surface area contributed by atoms with Crippen LogP contribution in [0.15, 0.2) is 194 Å². The van der Waals surface area contributed by atoms with Crippen molar-refractivity contribution in [2.45, 2.75) is 0 Å². The van der Waals surface area contributed by atoms with E-state index in [1.807, 2.05) is 97.1 Å². The first-order chi connectivity index (χ1) is 27.7. The van der Waals surface area contributed by atoms with Gasteiger partial charge in [0.15, 0.2) is 34.9 Å². The quantitative estimate of drug-likeness (QED) is 0.163. The third-order valence-electron chi connectivity index (χ3n) is 9.93. The molecule has 0 aliphatic rings. The molecule has 262 valence electrons. The predicted octanol–water partition coefficient (Wildman–Crippen LogP) is 12.0. The van der Waals surface area contributed by atoms with Crippen LogP contribution in [0.4, 0.5) is 0 Å². The van der Waals surface area contributed by atoms with Gasteiger partial charge < -0.3 is 0 Å². The largest absolute Gasteiger partial charge is 0.208 e. The summed E-state index contributed by atoms with van der Waals surface area (Å²) in [6.45, 7) is 0. The summed E-state index contributed by atoms with van der Waals surface area (Å²) in [5.41, 5.74) is 7.79. The van der Waals surface area contributed by atoms with Crippen LogP contribution in [0, 0.1) is 0 Å². The van der Waals surface area contributed by atoms with Gasteiger partial charge in [0.1, 0.15) is 0 Å². The number of benzene rings is 8. The van der Waals surface area contributed by atoms with Gasteiger partial charge in [-0.2, -0.15) is 0 Å². The van der Waals surface area contributed by atoms with Crippen molar-refractivity contribution < 1.29 is 0 Å². The number of nitrogens with zero attached hydrogens (tertiary/aromatic N) is 6. The molecule has 10 rings (SSSR count). The fourth-order valence-electron chi connectivity index (χ4n) is 7.10. The number of hydrogen-bond donors (Lipinski definition) is 0. The van der Waals surface area contributed by atoms with Crippen molar-refractivity contribution in [2.75, 3.05) is 0 Å². The Labute approximate surface area is 324 Å². The molecule has 6 heteroatoms. The number of hydrogen-bond acceptors (Lipinski definition) is 6. The van der Waals surface area contributed by atoms with Crippen molar-refractivity contribution >= 4 is 21.5 Å². The van der Waals surface area contributed by atoms with Crippen molar-refractivity contribution in [2.24, 2.45) is 0 Å². The highest BCUT2D eigenvalue weighted by Gasteiger charge is 2.17. The van der Waals surface area contributed by atoms with Crippen molar-refractivity contribution in [3.05, 3.63) is 194 Å². The number of aromatic nitrogens is 6. The van der Waals surface area contributed by atoms with E-state index < -0.39 is 0 Å². The van der Waals surface area contributed by atoms with Gasteiger partial charge in [-0.15, -0.1) is 0 Å². The monoisotopic (exact) mass is 716 g/mol. The van der Waals surface area contributed by atoms with E-state index in [4.69, 9.17) is 29.9 Å². The van der Waals surface area contributed by atoms with E-state index in [1.165, 1.54) is 0 Å². The molecular weight excluding hydrogens is 685 g/mol. The molecule has 0 radical (unpaired) electrons. The Balaban J connectivity index is 1.09. The van der Waals surface area contributed by atoms with Gasteiger partial charge in [0, 0.05) is 33.4 Å². The highest BCUT2D eigenvalue weighted by molar-refractivity contribution is 5.99. The summed E-state index contributed by atoms with van der Waals surface area (Å²) >= 11 is 0. The number of rotatable bonds is 7. The summed E-state index contributed by atoms with van der Waals surface area (Å²) in [5, 5.41) is 4.30. The molecule has 0 fully saturated rings. The van der Waals surface area contributed by atoms with Gasteiger partial charge in [-0.1, -0.05) is 170 Å². The topological polar surface area (TPSA) is 77.3 Å². The SMILES string of the molecule is c1ccc(-c2cc(-c3nc(-c4ccccc4)nc(-c4ccc5cc(-c6nc(-c7ccccc7)nc(-c7ccccc7)n6)ccc5c4)n3)c3ccccc3c2)cc1. The first-order valence-electron chi connectivity index (χ1n) is 18.5. The summed E-state index contributed by atoms with van der Waals surface area (Å²) in [6, 6.07) is 66.1. The van der Waals surface area contributed by atoms with E-state index in [1.54, 1.807) is 0 Å². The molecule has 0 N–H and O–H groups in total. The maximum atomic E-state index is 5.18. The first kappa shape index (κ1) is 32.9. The lowest BCUT2D eigenvalue weighted by Gasteiger charge is -2.13. The van der Waals surface area contributed by atoms with Crippen LogP contribution in [-0.4, -0.2) is 29.9 Å². The summed E-state index contributed by atoms with van der Waals surface area (Å²) in [6.07, 6.45) is 0. The minimum atomic E-state index is 0.603. The Morgan fingerprint density at radius 2 is 0.571 bits per heavy atom. The highest BCUT2D eigenvalue weighted by atomic mass is 15.0. The third-order valence-corrected chi connectivity index (χ3v) is 9.93. The minimum absolute atomic E-state index is 0.603. The second kappa shape index (κ2) is 14.3.